The molecule has 0 radical (unpaired) electrons. The number of esters is 1. The van der Waals surface area contributed by atoms with Gasteiger partial charge in [-0.25, -0.2) is 0 Å². The molecule has 0 aromatic heterocycles. The summed E-state index contributed by atoms with van der Waals surface area (Å²) in [5.41, 5.74) is 0. The van der Waals surface area contributed by atoms with E-state index in [1.807, 2.05) is 13.8 Å². The highest BCUT2D eigenvalue weighted by atomic mass is 16.5. The molecule has 0 fully saturated rings. The lowest BCUT2D eigenvalue weighted by molar-refractivity contribution is -0.146. The average Bonchev–Trinajstić information content (AvgIpc) is 2.26. The predicted octanol–water partition coefficient (Wildman–Crippen LogP) is 1.04. The molecule has 1 amide bonds. The van der Waals surface area contributed by atoms with E-state index in [2.05, 4.69) is 0 Å². The van der Waals surface area contributed by atoms with E-state index in [1.165, 1.54) is 4.90 Å². The molecule has 1 N–H and O–H groups in total. The minimum absolute atomic E-state index is 0.0307. The molecule has 6 nitrogen and oxygen atoms in total. The Morgan fingerprint density at radius 2 is 1.78 bits per heavy atom. The van der Waals surface area contributed by atoms with Crippen LogP contribution < -0.4 is 0 Å². The van der Waals surface area contributed by atoms with E-state index >= 15 is 0 Å². The lowest BCUT2D eigenvalue weighted by Crippen LogP contribution is -2.38. The Labute approximate surface area is 107 Å². The number of carboxylic acids is 1. The highest BCUT2D eigenvalue weighted by Gasteiger charge is 2.18. The molecule has 0 aliphatic rings. The second-order valence-corrected chi connectivity index (χ2v) is 4.13. The number of aliphatic carboxylic acids is 1. The van der Waals surface area contributed by atoms with Gasteiger partial charge in [-0.3, -0.25) is 14.4 Å². The quantitative estimate of drug-likeness (QED) is 0.658. The number of ether oxygens (including phenoxy) is 1. The van der Waals surface area contributed by atoms with Gasteiger partial charge in [-0.15, -0.1) is 0 Å². The molecule has 0 unspecified atom stereocenters. The van der Waals surface area contributed by atoms with E-state index in [9.17, 15) is 14.4 Å². The summed E-state index contributed by atoms with van der Waals surface area (Å²) in [5.74, 6) is -1.58. The Hall–Kier alpha value is -1.59. The summed E-state index contributed by atoms with van der Waals surface area (Å²) in [7, 11) is 0. The number of carbonyl (C=O) groups is 3. The summed E-state index contributed by atoms with van der Waals surface area (Å²) in [5, 5.41) is 8.60. The zero-order chi connectivity index (χ0) is 14.1. The van der Waals surface area contributed by atoms with Crippen LogP contribution in [0.25, 0.3) is 0 Å². The van der Waals surface area contributed by atoms with Crippen LogP contribution in [-0.2, 0) is 19.1 Å². The van der Waals surface area contributed by atoms with Crippen molar-refractivity contribution in [3.8, 4) is 0 Å². The Kier molecular flexibility index (Phi) is 7.74. The third-order valence-electron chi connectivity index (χ3n) is 2.36. The Morgan fingerprint density at radius 3 is 2.22 bits per heavy atom. The average molecular weight is 259 g/mol. The van der Waals surface area contributed by atoms with Crippen molar-refractivity contribution in [1.82, 2.24) is 4.90 Å². The first-order chi connectivity index (χ1) is 8.38. The van der Waals surface area contributed by atoms with E-state index < -0.39 is 11.9 Å². The first-order valence-electron chi connectivity index (χ1n) is 6.05. The molecule has 0 aromatic rings. The largest absolute Gasteiger partial charge is 0.481 e. The van der Waals surface area contributed by atoms with Gasteiger partial charge in [0.1, 0.15) is 0 Å². The fourth-order valence-electron chi connectivity index (χ4n) is 1.47. The molecule has 0 spiro atoms. The van der Waals surface area contributed by atoms with Crippen molar-refractivity contribution in [1.29, 1.82) is 0 Å². The number of hydrogen-bond donors (Lipinski definition) is 1. The maximum atomic E-state index is 11.8. The Balaban J connectivity index is 4.22. The topological polar surface area (TPSA) is 83.9 Å². The van der Waals surface area contributed by atoms with E-state index in [0.717, 1.165) is 0 Å². The standard InChI is InChI=1S/C12H21NO5/c1-4-18-12(17)6-5-10(14)13(9(2)3)8-7-11(15)16/h9H,4-8H2,1-3H3,(H,15,16). The monoisotopic (exact) mass is 259 g/mol. The Bertz CT molecular complexity index is 301. The number of carboxylic acid groups (broad SMARTS) is 1. The van der Waals surface area contributed by atoms with Crippen molar-refractivity contribution in [3.63, 3.8) is 0 Å². The van der Waals surface area contributed by atoms with E-state index in [4.69, 9.17) is 9.84 Å². The van der Waals surface area contributed by atoms with Crippen LogP contribution in [-0.4, -0.2) is 47.0 Å². The molecular formula is C12H21NO5. The van der Waals surface area contributed by atoms with Gasteiger partial charge in [-0.1, -0.05) is 0 Å². The molecule has 0 aromatic carbocycles. The van der Waals surface area contributed by atoms with Gasteiger partial charge in [0.2, 0.25) is 5.91 Å². The minimum Gasteiger partial charge on any atom is -0.481 e. The predicted molar refractivity (Wildman–Crippen MR) is 65.0 cm³/mol. The van der Waals surface area contributed by atoms with Crippen molar-refractivity contribution in [2.24, 2.45) is 0 Å². The van der Waals surface area contributed by atoms with Crippen molar-refractivity contribution in [3.05, 3.63) is 0 Å². The number of rotatable bonds is 8. The maximum Gasteiger partial charge on any atom is 0.306 e. The molecule has 104 valence electrons. The molecular weight excluding hydrogens is 238 g/mol. The molecule has 0 saturated heterocycles. The maximum absolute atomic E-state index is 11.8. The third-order valence-corrected chi connectivity index (χ3v) is 2.36. The Morgan fingerprint density at radius 1 is 1.17 bits per heavy atom. The lowest BCUT2D eigenvalue weighted by atomic mass is 10.2. The van der Waals surface area contributed by atoms with Crippen LogP contribution in [0.15, 0.2) is 0 Å². The fourth-order valence-corrected chi connectivity index (χ4v) is 1.47. The first kappa shape index (κ1) is 16.4. The van der Waals surface area contributed by atoms with Crippen molar-refractivity contribution >= 4 is 17.8 Å². The SMILES string of the molecule is CCOC(=O)CCC(=O)N(CCC(=O)O)C(C)C. The minimum atomic E-state index is -0.946. The molecule has 18 heavy (non-hydrogen) atoms. The van der Waals surface area contributed by atoms with E-state index in [0.29, 0.717) is 6.61 Å². The first-order valence-corrected chi connectivity index (χ1v) is 6.05. The van der Waals surface area contributed by atoms with Crippen LogP contribution >= 0.6 is 0 Å². The summed E-state index contributed by atoms with van der Waals surface area (Å²) < 4.78 is 4.73. The van der Waals surface area contributed by atoms with Gasteiger partial charge in [-0.2, -0.15) is 0 Å². The second-order valence-electron chi connectivity index (χ2n) is 4.13. The zero-order valence-corrected chi connectivity index (χ0v) is 11.1. The molecule has 0 rings (SSSR count). The van der Waals surface area contributed by atoms with Crippen LogP contribution in [0.1, 0.15) is 40.0 Å². The second kappa shape index (κ2) is 8.49. The van der Waals surface area contributed by atoms with E-state index in [-0.39, 0.29) is 37.8 Å². The van der Waals surface area contributed by atoms with Crippen LogP contribution in [0.4, 0.5) is 0 Å². The van der Waals surface area contributed by atoms with Crippen molar-refractivity contribution in [2.75, 3.05) is 13.2 Å². The summed E-state index contributed by atoms with van der Waals surface area (Å²) in [6.07, 6.45) is -0.0110. The van der Waals surface area contributed by atoms with Crippen molar-refractivity contribution in [2.45, 2.75) is 46.1 Å². The number of nitrogens with zero attached hydrogens (tertiary/aromatic N) is 1. The van der Waals surface area contributed by atoms with Crippen LogP contribution in [0.2, 0.25) is 0 Å². The van der Waals surface area contributed by atoms with Gasteiger partial charge < -0.3 is 14.7 Å². The molecule has 0 atom stereocenters. The van der Waals surface area contributed by atoms with Gasteiger partial charge in [0.15, 0.2) is 0 Å². The number of carbonyl (C=O) groups excluding carboxylic acids is 2. The molecule has 0 bridgehead atoms. The molecule has 0 saturated carbocycles. The highest BCUT2D eigenvalue weighted by Crippen LogP contribution is 2.06. The summed E-state index contributed by atoms with van der Waals surface area (Å²) in [6, 6.07) is -0.0842. The third kappa shape index (κ3) is 6.88. The van der Waals surface area contributed by atoms with Gasteiger partial charge >= 0.3 is 11.9 Å². The van der Waals surface area contributed by atoms with Crippen molar-refractivity contribution < 1.29 is 24.2 Å². The van der Waals surface area contributed by atoms with Gasteiger partial charge in [0.05, 0.1) is 19.4 Å². The molecule has 0 aliphatic heterocycles. The van der Waals surface area contributed by atoms with Gasteiger partial charge in [0, 0.05) is 19.0 Å². The number of amides is 1. The zero-order valence-electron chi connectivity index (χ0n) is 11.1. The summed E-state index contributed by atoms with van der Waals surface area (Å²) >= 11 is 0. The van der Waals surface area contributed by atoms with Gasteiger partial charge in [-0.05, 0) is 20.8 Å². The van der Waals surface area contributed by atoms with Crippen LogP contribution in [0, 0.1) is 0 Å². The van der Waals surface area contributed by atoms with E-state index in [1.54, 1.807) is 6.92 Å². The van der Waals surface area contributed by atoms with Crippen LogP contribution in [0.5, 0.6) is 0 Å². The highest BCUT2D eigenvalue weighted by molar-refractivity contribution is 5.82. The summed E-state index contributed by atoms with van der Waals surface area (Å²) in [4.78, 5) is 34.9. The van der Waals surface area contributed by atoms with Crippen LogP contribution in [0.3, 0.4) is 0 Å². The molecule has 0 heterocycles. The summed E-state index contributed by atoms with van der Waals surface area (Å²) in [6.45, 7) is 5.77. The molecule has 6 heteroatoms. The normalized spacial score (nSPS) is 10.2. The van der Waals surface area contributed by atoms with Gasteiger partial charge in [0.25, 0.3) is 0 Å². The fraction of sp³-hybridized carbons (Fsp3) is 0.750. The number of hydrogen-bond acceptors (Lipinski definition) is 4. The lowest BCUT2D eigenvalue weighted by Gasteiger charge is -2.26. The molecule has 0 aliphatic carbocycles. The smallest absolute Gasteiger partial charge is 0.306 e.